The quantitative estimate of drug-likeness (QED) is 0.811. The first-order valence-electron chi connectivity index (χ1n) is 6.55. The molecule has 1 fully saturated rings. The summed E-state index contributed by atoms with van der Waals surface area (Å²) in [6.07, 6.45) is 3.01. The number of rotatable bonds is 6. The topological polar surface area (TPSA) is 77.2 Å². The summed E-state index contributed by atoms with van der Waals surface area (Å²) in [4.78, 5) is 12.5. The molecule has 1 aliphatic rings. The van der Waals surface area contributed by atoms with Gasteiger partial charge in [0.1, 0.15) is 0 Å². The van der Waals surface area contributed by atoms with Crippen molar-refractivity contribution in [2.45, 2.75) is 37.4 Å². The van der Waals surface area contributed by atoms with E-state index in [9.17, 15) is 13.2 Å². The van der Waals surface area contributed by atoms with Crippen LogP contribution in [0, 0.1) is 5.92 Å². The van der Waals surface area contributed by atoms with Crippen LogP contribution in [0.1, 0.15) is 43.0 Å². The van der Waals surface area contributed by atoms with Gasteiger partial charge < -0.3 is 0 Å². The van der Waals surface area contributed by atoms with Crippen LogP contribution in [0.3, 0.4) is 0 Å². The van der Waals surface area contributed by atoms with Gasteiger partial charge in [0, 0.05) is 5.56 Å². The average Bonchev–Trinajstić information content (AvgIpc) is 3.12. The summed E-state index contributed by atoms with van der Waals surface area (Å²) in [6, 6.07) is 8.54. The van der Waals surface area contributed by atoms with E-state index in [-0.39, 0.29) is 11.7 Å². The van der Waals surface area contributed by atoms with Gasteiger partial charge in [0.2, 0.25) is 10.0 Å². The monoisotopic (exact) mass is 281 g/mol. The molecule has 1 saturated carbocycles. The lowest BCUT2D eigenvalue weighted by Crippen LogP contribution is -2.40. The van der Waals surface area contributed by atoms with Crippen LogP contribution in [0.4, 0.5) is 0 Å². The van der Waals surface area contributed by atoms with Gasteiger partial charge in [0.15, 0.2) is 10.5 Å². The van der Waals surface area contributed by atoms with E-state index >= 15 is 0 Å². The summed E-state index contributed by atoms with van der Waals surface area (Å²) in [7, 11) is -3.87. The minimum absolute atomic E-state index is 0.129. The summed E-state index contributed by atoms with van der Waals surface area (Å²) in [5, 5.41) is 5.33. The Morgan fingerprint density at radius 1 is 1.37 bits per heavy atom. The van der Waals surface area contributed by atoms with E-state index in [0.29, 0.717) is 12.0 Å². The molecular formula is C14H19NO3S. The third-order valence-electron chi connectivity index (χ3n) is 3.88. The first-order chi connectivity index (χ1) is 8.93. The first kappa shape index (κ1) is 14.2. The van der Waals surface area contributed by atoms with Crippen LogP contribution in [-0.4, -0.2) is 18.9 Å². The van der Waals surface area contributed by atoms with Gasteiger partial charge in [-0.1, -0.05) is 50.1 Å². The Morgan fingerprint density at radius 3 is 2.53 bits per heavy atom. The Hall–Kier alpha value is -1.20. The second kappa shape index (κ2) is 5.06. The van der Waals surface area contributed by atoms with Crippen LogP contribution >= 0.6 is 0 Å². The highest BCUT2D eigenvalue weighted by Gasteiger charge is 2.67. The third kappa shape index (κ3) is 2.44. The molecule has 2 N–H and O–H groups in total. The average molecular weight is 281 g/mol. The van der Waals surface area contributed by atoms with Gasteiger partial charge in [-0.3, -0.25) is 4.79 Å². The molecule has 5 heteroatoms. The summed E-state index contributed by atoms with van der Waals surface area (Å²) >= 11 is 0. The summed E-state index contributed by atoms with van der Waals surface area (Å²) in [5.41, 5.74) is 0.426. The van der Waals surface area contributed by atoms with Crippen LogP contribution < -0.4 is 5.14 Å². The first-order valence-corrected chi connectivity index (χ1v) is 8.10. The van der Waals surface area contributed by atoms with E-state index in [4.69, 9.17) is 5.14 Å². The zero-order valence-electron chi connectivity index (χ0n) is 11.0. The number of hydrogen-bond acceptors (Lipinski definition) is 3. The lowest BCUT2D eigenvalue weighted by molar-refractivity contribution is 0.0971. The molecule has 0 saturated heterocycles. The lowest BCUT2D eigenvalue weighted by atomic mass is 10.0. The minimum atomic E-state index is -3.87. The molecule has 0 heterocycles. The molecule has 0 bridgehead atoms. The summed E-state index contributed by atoms with van der Waals surface area (Å²) in [5.74, 6) is -0.480. The number of primary sulfonamides is 1. The Labute approximate surface area is 114 Å². The number of carbonyl (C=O) groups is 1. The van der Waals surface area contributed by atoms with Crippen molar-refractivity contribution in [2.24, 2.45) is 11.1 Å². The number of sulfonamides is 1. The normalized spacial score (nSPS) is 26.1. The molecule has 1 aromatic rings. The van der Waals surface area contributed by atoms with Crippen molar-refractivity contribution in [3.05, 3.63) is 35.9 Å². The maximum Gasteiger partial charge on any atom is 0.222 e. The zero-order valence-corrected chi connectivity index (χ0v) is 11.8. The van der Waals surface area contributed by atoms with E-state index in [1.807, 2.05) is 6.92 Å². The SMILES string of the molecule is CCCCC1CC1(C(=O)c1ccccc1)S(N)(=O)=O. The maximum absolute atomic E-state index is 12.5. The molecule has 19 heavy (non-hydrogen) atoms. The van der Waals surface area contributed by atoms with Gasteiger partial charge in [-0.15, -0.1) is 0 Å². The van der Waals surface area contributed by atoms with Crippen LogP contribution in [-0.2, 0) is 10.0 Å². The number of hydrogen-bond donors (Lipinski definition) is 1. The number of ketones is 1. The number of benzene rings is 1. The van der Waals surface area contributed by atoms with Crippen molar-refractivity contribution in [1.29, 1.82) is 0 Å². The van der Waals surface area contributed by atoms with Gasteiger partial charge in [-0.25, -0.2) is 13.6 Å². The number of unbranched alkanes of at least 4 members (excludes halogenated alkanes) is 1. The number of carbonyl (C=O) groups excluding carboxylic acids is 1. The molecule has 1 aromatic carbocycles. The predicted octanol–water partition coefficient (Wildman–Crippen LogP) is 2.11. The highest BCUT2D eigenvalue weighted by atomic mass is 32.2. The van der Waals surface area contributed by atoms with Crippen molar-refractivity contribution in [2.75, 3.05) is 0 Å². The molecule has 2 atom stereocenters. The Kier molecular flexibility index (Phi) is 3.78. The van der Waals surface area contributed by atoms with Gasteiger partial charge in [0.05, 0.1) is 0 Å². The fourth-order valence-electron chi connectivity index (χ4n) is 2.68. The maximum atomic E-state index is 12.5. The molecule has 4 nitrogen and oxygen atoms in total. The Morgan fingerprint density at radius 2 is 2.00 bits per heavy atom. The Balaban J connectivity index is 2.30. The van der Waals surface area contributed by atoms with Gasteiger partial charge in [-0.2, -0.15) is 0 Å². The smallest absolute Gasteiger partial charge is 0.222 e. The van der Waals surface area contributed by atoms with E-state index in [1.54, 1.807) is 30.3 Å². The van der Waals surface area contributed by atoms with E-state index in [0.717, 1.165) is 19.3 Å². The molecule has 2 rings (SSSR count). The highest BCUT2D eigenvalue weighted by molar-refractivity contribution is 7.91. The van der Waals surface area contributed by atoms with Gasteiger partial charge >= 0.3 is 0 Å². The third-order valence-corrected chi connectivity index (χ3v) is 5.58. The molecule has 1 aliphatic carbocycles. The fourth-order valence-corrected chi connectivity index (χ4v) is 4.07. The van der Waals surface area contributed by atoms with Crippen LogP contribution in [0.15, 0.2) is 30.3 Å². The predicted molar refractivity (Wildman–Crippen MR) is 74.2 cm³/mol. The number of nitrogens with two attached hydrogens (primary N) is 1. The van der Waals surface area contributed by atoms with Crippen LogP contribution in [0.5, 0.6) is 0 Å². The Bertz CT molecular complexity index is 568. The molecule has 0 aromatic heterocycles. The standard InChI is InChI=1S/C14H19NO3S/c1-2-3-9-12-10-14(12,19(15,17)18)13(16)11-7-5-4-6-8-11/h4-8,12H,2-3,9-10H2,1H3,(H2,15,17,18). The lowest BCUT2D eigenvalue weighted by Gasteiger charge is -2.14. The van der Waals surface area contributed by atoms with E-state index < -0.39 is 14.8 Å². The number of Topliss-reactive ketones (excluding diaryl/α,β-unsaturated/α-hetero) is 1. The molecule has 0 radical (unpaired) electrons. The van der Waals surface area contributed by atoms with Crippen LogP contribution in [0.25, 0.3) is 0 Å². The largest absolute Gasteiger partial charge is 0.292 e. The highest BCUT2D eigenvalue weighted by Crippen LogP contribution is 2.53. The second-order valence-electron chi connectivity index (χ2n) is 5.17. The summed E-state index contributed by atoms with van der Waals surface area (Å²) in [6.45, 7) is 2.04. The second-order valence-corrected chi connectivity index (χ2v) is 6.99. The minimum Gasteiger partial charge on any atom is -0.292 e. The van der Waals surface area contributed by atoms with E-state index in [1.165, 1.54) is 0 Å². The molecular weight excluding hydrogens is 262 g/mol. The molecule has 0 spiro atoms. The fraction of sp³-hybridized carbons (Fsp3) is 0.500. The molecule has 2 unspecified atom stereocenters. The van der Waals surface area contributed by atoms with Crippen LogP contribution in [0.2, 0.25) is 0 Å². The molecule has 0 amide bonds. The van der Waals surface area contributed by atoms with Gasteiger partial charge in [0.25, 0.3) is 0 Å². The van der Waals surface area contributed by atoms with Crippen molar-refractivity contribution < 1.29 is 13.2 Å². The van der Waals surface area contributed by atoms with Crippen molar-refractivity contribution in [3.8, 4) is 0 Å². The van der Waals surface area contributed by atoms with Crippen molar-refractivity contribution >= 4 is 15.8 Å². The van der Waals surface area contributed by atoms with E-state index in [2.05, 4.69) is 0 Å². The molecule has 0 aliphatic heterocycles. The van der Waals surface area contributed by atoms with Crippen molar-refractivity contribution in [1.82, 2.24) is 0 Å². The zero-order chi connectivity index (χ0) is 14.1. The summed E-state index contributed by atoms with van der Waals surface area (Å²) < 4.78 is 22.4. The van der Waals surface area contributed by atoms with Crippen molar-refractivity contribution in [3.63, 3.8) is 0 Å². The molecule has 104 valence electrons. The van der Waals surface area contributed by atoms with Gasteiger partial charge in [-0.05, 0) is 18.8 Å².